The highest BCUT2D eigenvalue weighted by molar-refractivity contribution is 6.31. The number of phenols is 1. The van der Waals surface area contributed by atoms with Gasteiger partial charge in [0.05, 0.1) is 13.7 Å². The van der Waals surface area contributed by atoms with Crippen LogP contribution in [0, 0.1) is 0 Å². The van der Waals surface area contributed by atoms with Gasteiger partial charge in [-0.2, -0.15) is 15.0 Å². The van der Waals surface area contributed by atoms with Crippen molar-refractivity contribution in [1.29, 1.82) is 0 Å². The number of fused-ring (bicyclic) bond motifs is 1. The van der Waals surface area contributed by atoms with Crippen molar-refractivity contribution in [3.8, 4) is 5.75 Å². The monoisotopic (exact) mass is 385 g/mol. The first-order chi connectivity index (χ1) is 12.8. The van der Waals surface area contributed by atoms with Crippen molar-refractivity contribution < 1.29 is 14.6 Å². The van der Waals surface area contributed by atoms with Gasteiger partial charge < -0.3 is 9.84 Å². The predicted octanol–water partition coefficient (Wildman–Crippen LogP) is 3.95. The zero-order valence-electron chi connectivity index (χ0n) is 15.3. The number of esters is 1. The van der Waals surface area contributed by atoms with Gasteiger partial charge in [-0.15, -0.1) is 0 Å². The van der Waals surface area contributed by atoms with Crippen molar-refractivity contribution in [3.63, 3.8) is 0 Å². The van der Waals surface area contributed by atoms with Crippen LogP contribution in [0.15, 0.2) is 42.5 Å². The summed E-state index contributed by atoms with van der Waals surface area (Å²) in [4.78, 5) is 12.9. The summed E-state index contributed by atoms with van der Waals surface area (Å²) in [5, 5.41) is 19.9. The van der Waals surface area contributed by atoms with E-state index >= 15 is 0 Å². The number of carbonyl (C=O) groups excluding carboxylic acids is 1. The van der Waals surface area contributed by atoms with Crippen molar-refractivity contribution >= 4 is 34.7 Å². The molecular weight excluding hydrogens is 366 g/mol. The van der Waals surface area contributed by atoms with Crippen molar-refractivity contribution in [3.05, 3.63) is 58.6 Å². The summed E-state index contributed by atoms with van der Waals surface area (Å²) in [5.74, 6) is -0.259. The largest absolute Gasteiger partial charge is 0.508 e. The van der Waals surface area contributed by atoms with Crippen LogP contribution in [0.5, 0.6) is 5.75 Å². The summed E-state index contributed by atoms with van der Waals surface area (Å²) in [5.41, 5.74) is 2.53. The fourth-order valence-electron chi connectivity index (χ4n) is 2.87. The molecule has 3 rings (SSSR count). The molecule has 0 saturated heterocycles. The second-order valence-corrected chi connectivity index (χ2v) is 7.32. The highest BCUT2D eigenvalue weighted by Crippen LogP contribution is 2.33. The Morgan fingerprint density at radius 1 is 1.22 bits per heavy atom. The van der Waals surface area contributed by atoms with Crippen LogP contribution < -0.4 is 0 Å². The first-order valence-corrected chi connectivity index (χ1v) is 8.76. The Bertz CT molecular complexity index is 1020. The molecular formula is C20H20ClN3O3. The Morgan fingerprint density at radius 3 is 2.70 bits per heavy atom. The molecule has 1 N–H and O–H groups in total. The van der Waals surface area contributed by atoms with Crippen molar-refractivity contribution in [1.82, 2.24) is 15.0 Å². The molecule has 0 radical (unpaired) electrons. The maximum Gasteiger partial charge on any atom is 0.330 e. The second kappa shape index (κ2) is 7.40. The number of hydrogen-bond donors (Lipinski definition) is 1. The van der Waals surface area contributed by atoms with E-state index in [-0.39, 0.29) is 5.75 Å². The Balaban J connectivity index is 1.90. The van der Waals surface area contributed by atoms with Gasteiger partial charge in [-0.3, -0.25) is 0 Å². The number of ether oxygens (including phenoxy) is 1. The summed E-state index contributed by atoms with van der Waals surface area (Å²) in [7, 11) is 1.33. The van der Waals surface area contributed by atoms with Crippen molar-refractivity contribution in [2.75, 3.05) is 7.11 Å². The van der Waals surface area contributed by atoms with E-state index in [1.807, 2.05) is 26.0 Å². The van der Waals surface area contributed by atoms with Gasteiger partial charge >= 0.3 is 5.97 Å². The Labute approximate surface area is 162 Å². The number of rotatable bonds is 5. The number of halogens is 1. The molecule has 0 fully saturated rings. The third-order valence-electron chi connectivity index (χ3n) is 4.28. The Hall–Kier alpha value is -2.86. The summed E-state index contributed by atoms with van der Waals surface area (Å²) < 4.78 is 4.60. The zero-order chi connectivity index (χ0) is 19.6. The minimum Gasteiger partial charge on any atom is -0.508 e. The fraction of sp³-hybridized carbons (Fsp3) is 0.250. The normalized spacial score (nSPS) is 12.0. The summed E-state index contributed by atoms with van der Waals surface area (Å²) in [6, 6.07) is 10.6. The lowest BCUT2D eigenvalue weighted by atomic mass is 9.83. The fourth-order valence-corrected chi connectivity index (χ4v) is 3.04. The molecule has 140 valence electrons. The molecule has 0 bridgehead atoms. The third-order valence-corrected chi connectivity index (χ3v) is 4.52. The van der Waals surface area contributed by atoms with Gasteiger partial charge in [0, 0.05) is 22.1 Å². The van der Waals surface area contributed by atoms with Gasteiger partial charge in [0.2, 0.25) is 0 Å². The number of hydrogen-bond acceptors (Lipinski definition) is 5. The molecule has 7 heteroatoms. The Kier molecular flexibility index (Phi) is 5.19. The topological polar surface area (TPSA) is 77.2 Å². The lowest BCUT2D eigenvalue weighted by molar-refractivity contribution is -0.134. The molecule has 6 nitrogen and oxygen atoms in total. The van der Waals surface area contributed by atoms with Crippen LogP contribution in [0.4, 0.5) is 0 Å². The average Bonchev–Trinajstić information content (AvgIpc) is 3.00. The van der Waals surface area contributed by atoms with Gasteiger partial charge in [0.25, 0.3) is 0 Å². The molecule has 27 heavy (non-hydrogen) atoms. The lowest BCUT2D eigenvalue weighted by Gasteiger charge is -2.25. The van der Waals surface area contributed by atoms with E-state index < -0.39 is 11.4 Å². The van der Waals surface area contributed by atoms with Gasteiger partial charge in [-0.05, 0) is 42.0 Å². The molecule has 2 aromatic carbocycles. The number of benzene rings is 2. The number of methoxy groups -OCH3 is 1. The smallest absolute Gasteiger partial charge is 0.330 e. The van der Waals surface area contributed by atoms with Gasteiger partial charge in [-0.25, -0.2) is 4.79 Å². The van der Waals surface area contributed by atoms with Crippen LogP contribution in [-0.2, 0) is 21.5 Å². The van der Waals surface area contributed by atoms with E-state index in [4.69, 9.17) is 11.6 Å². The molecule has 0 saturated carbocycles. The summed E-state index contributed by atoms with van der Waals surface area (Å²) in [6.07, 6.45) is 2.99. The van der Waals surface area contributed by atoms with E-state index in [0.29, 0.717) is 11.6 Å². The SMILES string of the molecule is COC(=O)/C=C/c1ccc(O)c(C(C)(C)Cn2nc3ccc(Cl)cc3n2)c1. The molecule has 3 aromatic rings. The van der Waals surface area contributed by atoms with Crippen LogP contribution in [0.3, 0.4) is 0 Å². The first-order valence-electron chi connectivity index (χ1n) is 8.38. The highest BCUT2D eigenvalue weighted by atomic mass is 35.5. The Morgan fingerprint density at radius 2 is 1.96 bits per heavy atom. The molecule has 0 atom stereocenters. The van der Waals surface area contributed by atoms with Crippen LogP contribution >= 0.6 is 11.6 Å². The predicted molar refractivity (Wildman–Crippen MR) is 105 cm³/mol. The number of nitrogens with zero attached hydrogens (tertiary/aromatic N) is 3. The van der Waals surface area contributed by atoms with E-state index in [0.717, 1.165) is 22.2 Å². The van der Waals surface area contributed by atoms with E-state index in [2.05, 4.69) is 14.9 Å². The maximum atomic E-state index is 11.3. The van der Waals surface area contributed by atoms with E-state index in [1.54, 1.807) is 35.1 Å². The maximum absolute atomic E-state index is 11.3. The van der Waals surface area contributed by atoms with Gasteiger partial charge in [0.15, 0.2) is 0 Å². The van der Waals surface area contributed by atoms with Gasteiger partial charge in [-0.1, -0.05) is 31.5 Å². The van der Waals surface area contributed by atoms with Crippen LogP contribution in [0.25, 0.3) is 17.1 Å². The molecule has 1 heterocycles. The molecule has 1 aromatic heterocycles. The van der Waals surface area contributed by atoms with Crippen molar-refractivity contribution in [2.45, 2.75) is 25.8 Å². The van der Waals surface area contributed by atoms with Crippen molar-refractivity contribution in [2.24, 2.45) is 0 Å². The summed E-state index contributed by atoms with van der Waals surface area (Å²) >= 11 is 6.01. The molecule has 0 spiro atoms. The zero-order valence-corrected chi connectivity index (χ0v) is 16.1. The third kappa shape index (κ3) is 4.28. The number of aromatic nitrogens is 3. The molecule has 0 aliphatic carbocycles. The highest BCUT2D eigenvalue weighted by Gasteiger charge is 2.26. The molecule has 0 amide bonds. The van der Waals surface area contributed by atoms with Crippen LogP contribution in [0.1, 0.15) is 25.0 Å². The molecule has 0 aliphatic heterocycles. The number of phenolic OH excluding ortho intramolecular Hbond substituents is 1. The van der Waals surface area contributed by atoms with E-state index in [9.17, 15) is 9.90 Å². The van der Waals surface area contributed by atoms with Crippen LogP contribution in [-0.4, -0.2) is 33.2 Å². The summed E-state index contributed by atoms with van der Waals surface area (Å²) in [6.45, 7) is 4.45. The van der Waals surface area contributed by atoms with Crippen LogP contribution in [0.2, 0.25) is 5.02 Å². The second-order valence-electron chi connectivity index (χ2n) is 6.88. The standard InChI is InChI=1S/C20H20ClN3O3/c1-20(2,12-24-22-16-7-6-14(21)11-17(16)23-24)15-10-13(4-8-18(15)25)5-9-19(26)27-3/h4-11,25H,12H2,1-3H3/b9-5+. The quantitative estimate of drug-likeness (QED) is 0.531. The molecule has 0 aliphatic rings. The van der Waals surface area contributed by atoms with Gasteiger partial charge in [0.1, 0.15) is 16.8 Å². The lowest BCUT2D eigenvalue weighted by Crippen LogP contribution is -2.26. The minimum atomic E-state index is -0.460. The number of carbonyl (C=O) groups is 1. The number of aromatic hydroxyl groups is 1. The molecule has 0 unspecified atom stereocenters. The van der Waals surface area contributed by atoms with E-state index in [1.165, 1.54) is 13.2 Å². The minimum absolute atomic E-state index is 0.176. The average molecular weight is 386 g/mol. The first kappa shape index (κ1) is 18.9.